The molecular formula is C8H9FN4O. The van der Waals surface area contributed by atoms with Gasteiger partial charge in [0, 0.05) is 5.69 Å². The number of halogens is 1. The van der Waals surface area contributed by atoms with E-state index in [1.807, 2.05) is 0 Å². The molecule has 0 radical (unpaired) electrons. The van der Waals surface area contributed by atoms with E-state index in [9.17, 15) is 9.18 Å². The van der Waals surface area contributed by atoms with Crippen LogP contribution in [0.4, 0.5) is 14.9 Å². The maximum absolute atomic E-state index is 13.0. The van der Waals surface area contributed by atoms with Gasteiger partial charge < -0.3 is 16.8 Å². The third-order valence-electron chi connectivity index (χ3n) is 1.52. The second kappa shape index (κ2) is 3.73. The van der Waals surface area contributed by atoms with Gasteiger partial charge in [0.15, 0.2) is 0 Å². The molecule has 1 aromatic carbocycles. The monoisotopic (exact) mass is 196 g/mol. The molecule has 2 amide bonds. The Morgan fingerprint density at radius 1 is 1.43 bits per heavy atom. The van der Waals surface area contributed by atoms with Gasteiger partial charge in [-0.1, -0.05) is 0 Å². The fourth-order valence-corrected chi connectivity index (χ4v) is 0.952. The van der Waals surface area contributed by atoms with Crippen LogP contribution in [0, 0.1) is 11.2 Å². The fraction of sp³-hybridized carbons (Fsp3) is 0. The smallest absolute Gasteiger partial charge is 0.316 e. The number of primary amides is 1. The number of anilines is 1. The van der Waals surface area contributed by atoms with Crippen molar-refractivity contribution in [2.24, 2.45) is 11.5 Å². The average molecular weight is 196 g/mol. The van der Waals surface area contributed by atoms with Crippen LogP contribution >= 0.6 is 0 Å². The Hall–Kier alpha value is -2.11. The summed E-state index contributed by atoms with van der Waals surface area (Å²) < 4.78 is 13.0. The molecule has 0 fully saturated rings. The number of nitrogens with one attached hydrogen (secondary N) is 2. The summed E-state index contributed by atoms with van der Waals surface area (Å²) in [6, 6.07) is 2.91. The van der Waals surface area contributed by atoms with Crippen LogP contribution in [0.25, 0.3) is 0 Å². The summed E-state index contributed by atoms with van der Waals surface area (Å²) in [6.45, 7) is 0. The van der Waals surface area contributed by atoms with Gasteiger partial charge in [0.25, 0.3) is 0 Å². The highest BCUT2D eigenvalue weighted by molar-refractivity contribution is 5.97. The maximum Gasteiger partial charge on any atom is 0.316 e. The standard InChI is InChI=1S/C8H9FN4O/c9-6-2-1-4(13-8(12)14)3-5(6)7(10)11/h1-3H,(H3,10,11)(H3,12,13,14). The molecule has 0 atom stereocenters. The topological polar surface area (TPSA) is 105 Å². The van der Waals surface area contributed by atoms with E-state index in [0.717, 1.165) is 6.07 Å². The number of amides is 2. The summed E-state index contributed by atoms with van der Waals surface area (Å²) >= 11 is 0. The lowest BCUT2D eigenvalue weighted by Crippen LogP contribution is -2.20. The first-order valence-electron chi connectivity index (χ1n) is 3.71. The summed E-state index contributed by atoms with van der Waals surface area (Å²) in [6.07, 6.45) is 0. The average Bonchev–Trinajstić information content (AvgIpc) is 2.07. The third-order valence-corrected chi connectivity index (χ3v) is 1.52. The summed E-state index contributed by atoms with van der Waals surface area (Å²) in [5, 5.41) is 9.30. The van der Waals surface area contributed by atoms with Gasteiger partial charge in [0.2, 0.25) is 0 Å². The minimum absolute atomic E-state index is 0.0729. The van der Waals surface area contributed by atoms with Crippen molar-refractivity contribution in [3.63, 3.8) is 0 Å². The number of nitrogen functional groups attached to an aromatic ring is 1. The number of urea groups is 1. The van der Waals surface area contributed by atoms with E-state index in [2.05, 4.69) is 5.32 Å². The van der Waals surface area contributed by atoms with Gasteiger partial charge >= 0.3 is 6.03 Å². The molecule has 5 nitrogen and oxygen atoms in total. The number of rotatable bonds is 2. The van der Waals surface area contributed by atoms with Gasteiger partial charge in [-0.3, -0.25) is 5.41 Å². The number of hydrogen-bond acceptors (Lipinski definition) is 2. The second-order valence-corrected chi connectivity index (χ2v) is 2.60. The maximum atomic E-state index is 13.0. The van der Waals surface area contributed by atoms with Crippen molar-refractivity contribution in [2.45, 2.75) is 0 Å². The van der Waals surface area contributed by atoms with Crippen molar-refractivity contribution in [1.29, 1.82) is 5.41 Å². The van der Waals surface area contributed by atoms with E-state index in [1.54, 1.807) is 0 Å². The van der Waals surface area contributed by atoms with Crippen LogP contribution in [0.2, 0.25) is 0 Å². The van der Waals surface area contributed by atoms with Gasteiger partial charge in [-0.15, -0.1) is 0 Å². The van der Waals surface area contributed by atoms with Crippen molar-refractivity contribution < 1.29 is 9.18 Å². The van der Waals surface area contributed by atoms with E-state index in [4.69, 9.17) is 16.9 Å². The lowest BCUT2D eigenvalue weighted by molar-refractivity contribution is 0.259. The van der Waals surface area contributed by atoms with Crippen molar-refractivity contribution in [2.75, 3.05) is 5.32 Å². The molecule has 6 N–H and O–H groups in total. The Balaban J connectivity index is 3.06. The highest BCUT2D eigenvalue weighted by Gasteiger charge is 2.06. The molecule has 1 aromatic rings. The molecular weight excluding hydrogens is 187 g/mol. The van der Waals surface area contributed by atoms with Crippen LogP contribution < -0.4 is 16.8 Å². The Kier molecular flexibility index (Phi) is 2.66. The minimum atomic E-state index is -0.758. The molecule has 0 aliphatic rings. The van der Waals surface area contributed by atoms with Gasteiger partial charge in [-0.05, 0) is 18.2 Å². The van der Waals surface area contributed by atoms with E-state index >= 15 is 0 Å². The molecule has 0 aromatic heterocycles. The zero-order valence-corrected chi connectivity index (χ0v) is 7.17. The largest absolute Gasteiger partial charge is 0.384 e. The molecule has 0 aliphatic carbocycles. The summed E-state index contributed by atoms with van der Waals surface area (Å²) in [4.78, 5) is 10.5. The molecule has 6 heteroatoms. The van der Waals surface area contributed by atoms with E-state index < -0.39 is 17.7 Å². The Bertz CT molecular complexity index is 391. The molecule has 74 valence electrons. The van der Waals surface area contributed by atoms with Crippen LogP contribution in [0.3, 0.4) is 0 Å². The van der Waals surface area contributed by atoms with Crippen LogP contribution in [-0.4, -0.2) is 11.9 Å². The number of carbonyl (C=O) groups is 1. The van der Waals surface area contributed by atoms with Gasteiger partial charge in [0.1, 0.15) is 11.7 Å². The zero-order chi connectivity index (χ0) is 10.7. The van der Waals surface area contributed by atoms with Crippen molar-refractivity contribution in [3.05, 3.63) is 29.6 Å². The Morgan fingerprint density at radius 3 is 2.57 bits per heavy atom. The van der Waals surface area contributed by atoms with Crippen molar-refractivity contribution in [1.82, 2.24) is 0 Å². The molecule has 0 aliphatic heterocycles. The SMILES string of the molecule is N=C(N)c1cc(NC(N)=O)ccc1F. The predicted octanol–water partition coefficient (Wildman–Crippen LogP) is 0.600. The summed E-state index contributed by atoms with van der Waals surface area (Å²) in [5.74, 6) is -1.02. The number of amidine groups is 1. The molecule has 14 heavy (non-hydrogen) atoms. The third kappa shape index (κ3) is 2.19. The van der Waals surface area contributed by atoms with Crippen LogP contribution in [0.1, 0.15) is 5.56 Å². The molecule has 0 heterocycles. The quantitative estimate of drug-likeness (QED) is 0.410. The fourth-order valence-electron chi connectivity index (χ4n) is 0.952. The second-order valence-electron chi connectivity index (χ2n) is 2.60. The first-order valence-corrected chi connectivity index (χ1v) is 3.71. The van der Waals surface area contributed by atoms with Gasteiger partial charge in [0.05, 0.1) is 5.56 Å². The predicted molar refractivity (Wildman–Crippen MR) is 50.6 cm³/mol. The highest BCUT2D eigenvalue weighted by Crippen LogP contribution is 2.13. The number of benzene rings is 1. The zero-order valence-electron chi connectivity index (χ0n) is 7.17. The van der Waals surface area contributed by atoms with Crippen molar-refractivity contribution >= 4 is 17.6 Å². The molecule has 0 saturated heterocycles. The number of carbonyl (C=O) groups excluding carboxylic acids is 1. The Labute approximate surface area is 79.4 Å². The van der Waals surface area contributed by atoms with Crippen LogP contribution in [-0.2, 0) is 0 Å². The molecule has 0 saturated carbocycles. The molecule has 1 rings (SSSR count). The lowest BCUT2D eigenvalue weighted by Gasteiger charge is -2.05. The van der Waals surface area contributed by atoms with E-state index in [0.29, 0.717) is 5.69 Å². The van der Waals surface area contributed by atoms with E-state index in [1.165, 1.54) is 12.1 Å². The normalized spacial score (nSPS) is 9.50. The van der Waals surface area contributed by atoms with E-state index in [-0.39, 0.29) is 5.56 Å². The lowest BCUT2D eigenvalue weighted by atomic mass is 10.1. The van der Waals surface area contributed by atoms with Crippen LogP contribution in [0.15, 0.2) is 18.2 Å². The summed E-state index contributed by atoms with van der Waals surface area (Å²) in [5.41, 5.74) is 10.2. The molecule has 0 unspecified atom stereocenters. The first kappa shape index (κ1) is 9.97. The van der Waals surface area contributed by atoms with Crippen molar-refractivity contribution in [3.8, 4) is 0 Å². The number of hydrogen-bond donors (Lipinski definition) is 4. The highest BCUT2D eigenvalue weighted by atomic mass is 19.1. The van der Waals surface area contributed by atoms with Crippen LogP contribution in [0.5, 0.6) is 0 Å². The Morgan fingerprint density at radius 2 is 2.07 bits per heavy atom. The minimum Gasteiger partial charge on any atom is -0.384 e. The number of nitrogens with two attached hydrogens (primary N) is 2. The summed E-state index contributed by atoms with van der Waals surface area (Å²) in [7, 11) is 0. The molecule has 0 bridgehead atoms. The molecule has 0 spiro atoms. The van der Waals surface area contributed by atoms with Gasteiger partial charge in [-0.2, -0.15) is 0 Å². The first-order chi connectivity index (χ1) is 6.50. The van der Waals surface area contributed by atoms with Gasteiger partial charge in [-0.25, -0.2) is 9.18 Å².